The van der Waals surface area contributed by atoms with Gasteiger partial charge in [-0.25, -0.2) is 4.79 Å². The van der Waals surface area contributed by atoms with Gasteiger partial charge in [0.15, 0.2) is 0 Å². The minimum atomic E-state index is -0.198. The zero-order valence-electron chi connectivity index (χ0n) is 10.4. The molecule has 1 rings (SSSR count). The molecule has 3 nitrogen and oxygen atoms in total. The molecule has 0 bridgehead atoms. The average Bonchev–Trinajstić information content (AvgIpc) is 2.12. The Morgan fingerprint density at radius 2 is 2.00 bits per heavy atom. The van der Waals surface area contributed by atoms with Gasteiger partial charge in [-0.2, -0.15) is 0 Å². The Morgan fingerprint density at radius 3 is 2.56 bits per heavy atom. The largest absolute Gasteiger partial charge is 0.334 e. The minimum absolute atomic E-state index is 0.131. The van der Waals surface area contributed by atoms with E-state index in [0.29, 0.717) is 6.54 Å². The van der Waals surface area contributed by atoms with E-state index in [2.05, 4.69) is 16.7 Å². The average molecular weight is 220 g/mol. The number of hydrogen-bond donors (Lipinski definition) is 2. The van der Waals surface area contributed by atoms with E-state index in [1.165, 1.54) is 5.56 Å². The van der Waals surface area contributed by atoms with Crippen molar-refractivity contribution in [2.45, 2.75) is 39.8 Å². The summed E-state index contributed by atoms with van der Waals surface area (Å²) in [6, 6.07) is 7.98. The van der Waals surface area contributed by atoms with Crippen molar-refractivity contribution in [1.29, 1.82) is 0 Å². The molecule has 0 spiro atoms. The van der Waals surface area contributed by atoms with Gasteiger partial charge in [-0.1, -0.05) is 29.8 Å². The molecule has 88 valence electrons. The van der Waals surface area contributed by atoms with Crippen molar-refractivity contribution in [2.24, 2.45) is 0 Å². The molecule has 0 fully saturated rings. The van der Waals surface area contributed by atoms with Crippen LogP contribution in [0.25, 0.3) is 0 Å². The zero-order chi connectivity index (χ0) is 12.2. The summed E-state index contributed by atoms with van der Waals surface area (Å²) in [6.45, 7) is 8.47. The summed E-state index contributed by atoms with van der Waals surface area (Å²) >= 11 is 0. The van der Waals surface area contributed by atoms with Crippen molar-refractivity contribution in [3.8, 4) is 0 Å². The van der Waals surface area contributed by atoms with Crippen LogP contribution in [0, 0.1) is 6.92 Å². The van der Waals surface area contributed by atoms with Crippen LogP contribution in [0.1, 0.15) is 31.9 Å². The summed E-state index contributed by atoms with van der Waals surface area (Å²) in [5.74, 6) is 0. The highest BCUT2D eigenvalue weighted by molar-refractivity contribution is 5.74. The van der Waals surface area contributed by atoms with Crippen molar-refractivity contribution >= 4 is 6.03 Å². The van der Waals surface area contributed by atoms with Crippen molar-refractivity contribution < 1.29 is 4.79 Å². The van der Waals surface area contributed by atoms with E-state index in [0.717, 1.165) is 5.56 Å². The summed E-state index contributed by atoms with van der Waals surface area (Å²) < 4.78 is 0. The SMILES string of the molecule is Cc1cccc(CNC(=O)NC(C)(C)C)c1. The third-order valence-electron chi connectivity index (χ3n) is 2.02. The maximum Gasteiger partial charge on any atom is 0.315 e. The number of rotatable bonds is 2. The molecule has 0 radical (unpaired) electrons. The zero-order valence-corrected chi connectivity index (χ0v) is 10.4. The lowest BCUT2D eigenvalue weighted by Gasteiger charge is -2.20. The molecule has 0 heterocycles. The number of aryl methyl sites for hydroxylation is 1. The number of carbonyl (C=O) groups excluding carboxylic acids is 1. The smallest absolute Gasteiger partial charge is 0.315 e. The summed E-state index contributed by atoms with van der Waals surface area (Å²) in [6.07, 6.45) is 0. The topological polar surface area (TPSA) is 41.1 Å². The molecular formula is C13H20N2O. The summed E-state index contributed by atoms with van der Waals surface area (Å²) in [4.78, 5) is 11.5. The Labute approximate surface area is 97.2 Å². The van der Waals surface area contributed by atoms with Gasteiger partial charge < -0.3 is 10.6 Å². The molecule has 0 aliphatic heterocycles. The molecule has 0 unspecified atom stereocenters. The first-order valence-electron chi connectivity index (χ1n) is 5.48. The highest BCUT2D eigenvalue weighted by atomic mass is 16.2. The van der Waals surface area contributed by atoms with Crippen LogP contribution < -0.4 is 10.6 Å². The van der Waals surface area contributed by atoms with Crippen LogP contribution in [0.3, 0.4) is 0 Å². The quantitative estimate of drug-likeness (QED) is 0.790. The van der Waals surface area contributed by atoms with Crippen molar-refractivity contribution in [3.05, 3.63) is 35.4 Å². The molecule has 0 saturated carbocycles. The van der Waals surface area contributed by atoms with E-state index in [-0.39, 0.29) is 11.6 Å². The second kappa shape index (κ2) is 5.01. The number of amides is 2. The summed E-state index contributed by atoms with van der Waals surface area (Å²) in [7, 11) is 0. The Morgan fingerprint density at radius 1 is 1.31 bits per heavy atom. The van der Waals surface area contributed by atoms with Gasteiger partial charge in [0, 0.05) is 12.1 Å². The molecule has 1 aromatic rings. The molecule has 3 heteroatoms. The summed E-state index contributed by atoms with van der Waals surface area (Å²) in [5.41, 5.74) is 2.12. The molecule has 2 amide bonds. The van der Waals surface area contributed by atoms with Crippen LogP contribution in [0.5, 0.6) is 0 Å². The van der Waals surface area contributed by atoms with Gasteiger partial charge in [-0.3, -0.25) is 0 Å². The highest BCUT2D eigenvalue weighted by Gasteiger charge is 2.12. The molecule has 1 aromatic carbocycles. The van der Waals surface area contributed by atoms with Gasteiger partial charge >= 0.3 is 6.03 Å². The van der Waals surface area contributed by atoms with Crippen LogP contribution >= 0.6 is 0 Å². The van der Waals surface area contributed by atoms with Gasteiger partial charge in [0.05, 0.1) is 0 Å². The Kier molecular flexibility index (Phi) is 3.93. The first kappa shape index (κ1) is 12.6. The molecule has 16 heavy (non-hydrogen) atoms. The van der Waals surface area contributed by atoms with Crippen LogP contribution in [-0.4, -0.2) is 11.6 Å². The van der Waals surface area contributed by atoms with Crippen molar-refractivity contribution in [3.63, 3.8) is 0 Å². The van der Waals surface area contributed by atoms with Gasteiger partial charge in [-0.05, 0) is 33.3 Å². The van der Waals surface area contributed by atoms with E-state index < -0.39 is 0 Å². The molecule has 0 atom stereocenters. The second-order valence-corrected chi connectivity index (χ2v) is 5.05. The first-order valence-corrected chi connectivity index (χ1v) is 5.48. The van der Waals surface area contributed by atoms with Crippen molar-refractivity contribution in [1.82, 2.24) is 10.6 Å². The lowest BCUT2D eigenvalue weighted by molar-refractivity contribution is 0.231. The molecule has 0 aromatic heterocycles. The Balaban J connectivity index is 2.43. The van der Waals surface area contributed by atoms with E-state index in [1.807, 2.05) is 45.9 Å². The number of carbonyl (C=O) groups is 1. The normalized spacial score (nSPS) is 11.0. The summed E-state index contributed by atoms with van der Waals surface area (Å²) in [5, 5.41) is 5.69. The van der Waals surface area contributed by atoms with E-state index in [9.17, 15) is 4.79 Å². The van der Waals surface area contributed by atoms with Crippen LogP contribution in [-0.2, 0) is 6.54 Å². The fourth-order valence-electron chi connectivity index (χ4n) is 1.39. The lowest BCUT2D eigenvalue weighted by Crippen LogP contribution is -2.46. The maximum absolute atomic E-state index is 11.5. The van der Waals surface area contributed by atoms with Gasteiger partial charge in [0.1, 0.15) is 0 Å². The third kappa shape index (κ3) is 4.82. The van der Waals surface area contributed by atoms with E-state index in [4.69, 9.17) is 0 Å². The van der Waals surface area contributed by atoms with Gasteiger partial charge in [0.2, 0.25) is 0 Å². The monoisotopic (exact) mass is 220 g/mol. The fraction of sp³-hybridized carbons (Fsp3) is 0.462. The fourth-order valence-corrected chi connectivity index (χ4v) is 1.39. The van der Waals surface area contributed by atoms with Gasteiger partial charge in [-0.15, -0.1) is 0 Å². The number of hydrogen-bond acceptors (Lipinski definition) is 1. The predicted molar refractivity (Wildman–Crippen MR) is 66.3 cm³/mol. The number of urea groups is 1. The maximum atomic E-state index is 11.5. The number of benzene rings is 1. The van der Waals surface area contributed by atoms with Crippen LogP contribution in [0.15, 0.2) is 24.3 Å². The second-order valence-electron chi connectivity index (χ2n) is 5.05. The highest BCUT2D eigenvalue weighted by Crippen LogP contribution is 2.03. The molecule has 0 aliphatic rings. The molecule has 0 saturated heterocycles. The van der Waals surface area contributed by atoms with Crippen LogP contribution in [0.4, 0.5) is 4.79 Å². The Bertz CT molecular complexity index is 366. The van der Waals surface area contributed by atoms with Crippen LogP contribution in [0.2, 0.25) is 0 Å². The first-order chi connectivity index (χ1) is 7.37. The third-order valence-corrected chi connectivity index (χ3v) is 2.02. The molecule has 0 aliphatic carbocycles. The number of nitrogens with one attached hydrogen (secondary N) is 2. The standard InChI is InChI=1S/C13H20N2O/c1-10-6-5-7-11(8-10)9-14-12(16)15-13(2,3)4/h5-8H,9H2,1-4H3,(H2,14,15,16). The van der Waals surface area contributed by atoms with Gasteiger partial charge in [0.25, 0.3) is 0 Å². The predicted octanol–water partition coefficient (Wildman–Crippen LogP) is 2.59. The lowest BCUT2D eigenvalue weighted by atomic mass is 10.1. The Hall–Kier alpha value is -1.51. The minimum Gasteiger partial charge on any atom is -0.334 e. The molecule has 2 N–H and O–H groups in total. The molecular weight excluding hydrogens is 200 g/mol. The van der Waals surface area contributed by atoms with E-state index in [1.54, 1.807) is 0 Å². The van der Waals surface area contributed by atoms with Crippen molar-refractivity contribution in [2.75, 3.05) is 0 Å². The van der Waals surface area contributed by atoms with E-state index >= 15 is 0 Å².